The highest BCUT2D eigenvalue weighted by molar-refractivity contribution is 6.48. The van der Waals surface area contributed by atoms with Gasteiger partial charge >= 0.3 is 0 Å². The van der Waals surface area contributed by atoms with Crippen molar-refractivity contribution in [3.63, 3.8) is 0 Å². The molecule has 2 amide bonds. The van der Waals surface area contributed by atoms with Gasteiger partial charge in [0.1, 0.15) is 0 Å². The van der Waals surface area contributed by atoms with E-state index >= 15 is 0 Å². The van der Waals surface area contributed by atoms with Crippen LogP contribution < -0.4 is 9.80 Å². The summed E-state index contributed by atoms with van der Waals surface area (Å²) in [5, 5.41) is 0. The van der Waals surface area contributed by atoms with Crippen LogP contribution in [-0.4, -0.2) is 49.9 Å². The number of nitrogens with zero attached hydrogens (tertiary/aromatic N) is 3. The Morgan fingerprint density at radius 1 is 0.600 bits per heavy atom. The number of rotatable bonds is 8. The number of hydrogen-bond acceptors (Lipinski definition) is 4. The molecule has 1 aliphatic rings. The van der Waals surface area contributed by atoms with Crippen molar-refractivity contribution in [1.82, 2.24) is 4.90 Å². The maximum absolute atomic E-state index is 12.9. The monoisotopic (exact) mass is 405 g/mol. The first-order chi connectivity index (χ1) is 14.5. The van der Waals surface area contributed by atoms with E-state index in [-0.39, 0.29) is 11.8 Å². The first kappa shape index (κ1) is 21.6. The number of imide groups is 1. The van der Waals surface area contributed by atoms with E-state index in [9.17, 15) is 9.59 Å². The molecule has 158 valence electrons. The molecular weight excluding hydrogens is 374 g/mol. The minimum atomic E-state index is -0.251. The fraction of sp³-hybridized carbons (Fsp3) is 0.360. The van der Waals surface area contributed by atoms with Crippen LogP contribution in [0.25, 0.3) is 11.1 Å². The third kappa shape index (κ3) is 3.84. The van der Waals surface area contributed by atoms with Crippen LogP contribution in [0.15, 0.2) is 48.5 Å². The molecule has 2 aromatic carbocycles. The predicted molar refractivity (Wildman–Crippen MR) is 125 cm³/mol. The second-order valence-electron chi connectivity index (χ2n) is 7.36. The topological polar surface area (TPSA) is 43.9 Å². The van der Waals surface area contributed by atoms with E-state index in [1.54, 1.807) is 7.05 Å². The summed E-state index contributed by atoms with van der Waals surface area (Å²) in [5.74, 6) is -0.503. The lowest BCUT2D eigenvalue weighted by Crippen LogP contribution is -2.26. The molecule has 0 aliphatic carbocycles. The lowest BCUT2D eigenvalue weighted by Gasteiger charge is -2.21. The fourth-order valence-electron chi connectivity index (χ4n) is 4.03. The highest BCUT2D eigenvalue weighted by Crippen LogP contribution is 2.36. The summed E-state index contributed by atoms with van der Waals surface area (Å²) in [6, 6.07) is 15.8. The van der Waals surface area contributed by atoms with Crippen LogP contribution in [0, 0.1) is 0 Å². The third-order valence-corrected chi connectivity index (χ3v) is 5.86. The zero-order valence-electron chi connectivity index (χ0n) is 18.6. The summed E-state index contributed by atoms with van der Waals surface area (Å²) in [6.45, 7) is 12.2. The summed E-state index contributed by atoms with van der Waals surface area (Å²) in [5.41, 5.74) is 4.72. The van der Waals surface area contributed by atoms with Gasteiger partial charge in [-0.3, -0.25) is 14.5 Å². The van der Waals surface area contributed by atoms with E-state index in [1.165, 1.54) is 4.90 Å². The Hall–Kier alpha value is -3.08. The van der Waals surface area contributed by atoms with Gasteiger partial charge < -0.3 is 9.80 Å². The van der Waals surface area contributed by atoms with Gasteiger partial charge in [0.15, 0.2) is 0 Å². The summed E-state index contributed by atoms with van der Waals surface area (Å²) >= 11 is 0. The summed E-state index contributed by atoms with van der Waals surface area (Å²) in [6.07, 6.45) is 0. The van der Waals surface area contributed by atoms with Gasteiger partial charge in [-0.15, -0.1) is 0 Å². The SMILES string of the molecule is CCN(CC)c1ccc(C2=C(c3ccc(N(CC)CC)cc3)C(=O)N(C)C2=O)cc1. The van der Waals surface area contributed by atoms with Crippen LogP contribution >= 0.6 is 0 Å². The molecule has 30 heavy (non-hydrogen) atoms. The maximum Gasteiger partial charge on any atom is 0.261 e. The van der Waals surface area contributed by atoms with Gasteiger partial charge in [0, 0.05) is 44.6 Å². The lowest BCUT2D eigenvalue weighted by molar-refractivity contribution is -0.134. The van der Waals surface area contributed by atoms with Gasteiger partial charge in [-0.2, -0.15) is 0 Å². The molecule has 0 atom stereocenters. The normalized spacial score (nSPS) is 14.0. The molecule has 3 rings (SSSR count). The van der Waals surface area contributed by atoms with Crippen LogP contribution in [0.1, 0.15) is 38.8 Å². The minimum Gasteiger partial charge on any atom is -0.372 e. The Morgan fingerprint density at radius 2 is 0.900 bits per heavy atom. The van der Waals surface area contributed by atoms with Gasteiger partial charge in [0.2, 0.25) is 0 Å². The fourth-order valence-corrected chi connectivity index (χ4v) is 4.03. The van der Waals surface area contributed by atoms with Crippen LogP contribution in [0.2, 0.25) is 0 Å². The molecule has 5 heteroatoms. The highest BCUT2D eigenvalue weighted by Gasteiger charge is 2.37. The predicted octanol–water partition coefficient (Wildman–Crippen LogP) is 4.29. The molecule has 0 saturated carbocycles. The summed E-state index contributed by atoms with van der Waals surface area (Å²) in [7, 11) is 1.55. The zero-order chi connectivity index (χ0) is 21.8. The largest absolute Gasteiger partial charge is 0.372 e. The van der Waals surface area contributed by atoms with Crippen molar-refractivity contribution in [1.29, 1.82) is 0 Å². The quantitative estimate of drug-likeness (QED) is 0.615. The van der Waals surface area contributed by atoms with E-state index in [1.807, 2.05) is 48.5 Å². The Balaban J connectivity index is 2.05. The van der Waals surface area contributed by atoms with Gasteiger partial charge in [0.05, 0.1) is 11.1 Å². The van der Waals surface area contributed by atoms with Crippen molar-refractivity contribution in [2.75, 3.05) is 43.0 Å². The number of benzene rings is 2. The van der Waals surface area contributed by atoms with Crippen LogP contribution in [0.3, 0.4) is 0 Å². The number of anilines is 2. The van der Waals surface area contributed by atoms with E-state index in [0.717, 1.165) is 48.7 Å². The number of carbonyl (C=O) groups is 2. The van der Waals surface area contributed by atoms with Crippen molar-refractivity contribution < 1.29 is 9.59 Å². The van der Waals surface area contributed by atoms with Crippen molar-refractivity contribution in [2.24, 2.45) is 0 Å². The van der Waals surface area contributed by atoms with Crippen LogP contribution in [0.5, 0.6) is 0 Å². The second kappa shape index (κ2) is 9.16. The first-order valence-electron chi connectivity index (χ1n) is 10.7. The Morgan fingerprint density at radius 3 is 1.17 bits per heavy atom. The minimum absolute atomic E-state index is 0.251. The van der Waals surface area contributed by atoms with E-state index in [2.05, 4.69) is 37.5 Å². The number of carbonyl (C=O) groups excluding carboxylic acids is 2. The molecule has 0 bridgehead atoms. The molecular formula is C25H31N3O2. The molecule has 1 aliphatic heterocycles. The average Bonchev–Trinajstić information content (AvgIpc) is 3.00. The molecule has 2 aromatic rings. The number of hydrogen-bond donors (Lipinski definition) is 0. The summed E-state index contributed by atoms with van der Waals surface area (Å²) < 4.78 is 0. The molecule has 0 fully saturated rings. The van der Waals surface area contributed by atoms with Gasteiger partial charge in [0.25, 0.3) is 11.8 Å². The number of amides is 2. The molecule has 0 saturated heterocycles. The molecule has 5 nitrogen and oxygen atoms in total. The number of likely N-dealkylation sites (N-methyl/N-ethyl adjacent to an activating group) is 1. The molecule has 0 N–H and O–H groups in total. The standard InChI is InChI=1S/C25H31N3O2/c1-6-27(7-2)20-14-10-18(11-15-20)22-23(25(30)26(5)24(22)29)19-12-16-21(17-13-19)28(8-3)9-4/h10-17H,6-9H2,1-5H3. The molecule has 0 spiro atoms. The Bertz CT molecular complexity index is 860. The third-order valence-electron chi connectivity index (χ3n) is 5.86. The van der Waals surface area contributed by atoms with Gasteiger partial charge in [-0.25, -0.2) is 0 Å². The zero-order valence-corrected chi connectivity index (χ0v) is 18.6. The molecule has 0 aromatic heterocycles. The van der Waals surface area contributed by atoms with Crippen molar-refractivity contribution in [2.45, 2.75) is 27.7 Å². The average molecular weight is 406 g/mol. The lowest BCUT2D eigenvalue weighted by atomic mass is 9.96. The smallest absolute Gasteiger partial charge is 0.261 e. The van der Waals surface area contributed by atoms with Crippen LogP contribution in [-0.2, 0) is 9.59 Å². The van der Waals surface area contributed by atoms with E-state index < -0.39 is 0 Å². The van der Waals surface area contributed by atoms with Crippen molar-refractivity contribution >= 4 is 34.3 Å². The Kier molecular flexibility index (Phi) is 6.60. The van der Waals surface area contributed by atoms with Crippen molar-refractivity contribution in [3.05, 3.63) is 59.7 Å². The first-order valence-corrected chi connectivity index (χ1v) is 10.7. The molecule has 0 radical (unpaired) electrons. The van der Waals surface area contributed by atoms with Crippen molar-refractivity contribution in [3.8, 4) is 0 Å². The van der Waals surface area contributed by atoms with Gasteiger partial charge in [-0.05, 0) is 63.1 Å². The van der Waals surface area contributed by atoms with Gasteiger partial charge in [-0.1, -0.05) is 24.3 Å². The Labute approximate surface area is 179 Å². The highest BCUT2D eigenvalue weighted by atomic mass is 16.2. The van der Waals surface area contributed by atoms with E-state index in [0.29, 0.717) is 11.1 Å². The maximum atomic E-state index is 12.9. The molecule has 0 unspecified atom stereocenters. The second-order valence-corrected chi connectivity index (χ2v) is 7.36. The van der Waals surface area contributed by atoms with E-state index in [4.69, 9.17) is 0 Å². The molecule has 1 heterocycles. The summed E-state index contributed by atoms with van der Waals surface area (Å²) in [4.78, 5) is 31.6. The van der Waals surface area contributed by atoms with Crippen LogP contribution in [0.4, 0.5) is 11.4 Å².